The lowest BCUT2D eigenvalue weighted by Crippen LogP contribution is -2.28. The Morgan fingerprint density at radius 3 is 2.21 bits per heavy atom. The minimum absolute atomic E-state index is 0.0583. The van der Waals surface area contributed by atoms with Crippen molar-refractivity contribution in [3.05, 3.63) is 89.5 Å². The summed E-state index contributed by atoms with van der Waals surface area (Å²) in [6.07, 6.45) is 4.46. The number of rotatable bonds is 13. The second-order valence-corrected chi connectivity index (χ2v) is 12.3. The predicted octanol–water partition coefficient (Wildman–Crippen LogP) is 9.10. The van der Waals surface area contributed by atoms with Crippen molar-refractivity contribution in [2.75, 3.05) is 6.54 Å². The van der Waals surface area contributed by atoms with Gasteiger partial charge < -0.3 is 14.8 Å². The van der Waals surface area contributed by atoms with E-state index in [0.29, 0.717) is 12.1 Å². The molecule has 0 saturated heterocycles. The van der Waals surface area contributed by atoms with Crippen LogP contribution in [0.3, 0.4) is 0 Å². The molecule has 0 atom stereocenters. The summed E-state index contributed by atoms with van der Waals surface area (Å²) >= 11 is 0. The van der Waals surface area contributed by atoms with E-state index in [1.165, 1.54) is 0 Å². The number of ether oxygens (including phenoxy) is 2. The van der Waals surface area contributed by atoms with Crippen LogP contribution in [-0.2, 0) is 6.42 Å². The lowest BCUT2D eigenvalue weighted by Gasteiger charge is -2.29. The Balaban J connectivity index is 1.45. The first-order valence-corrected chi connectivity index (χ1v) is 15.3. The molecule has 0 unspecified atom stereocenters. The van der Waals surface area contributed by atoms with Crippen molar-refractivity contribution in [2.45, 2.75) is 91.8 Å². The Labute approximate surface area is 251 Å². The maximum Gasteiger partial charge on any atom is 0.252 e. The zero-order chi connectivity index (χ0) is 30.3. The average Bonchev–Trinajstić information content (AvgIpc) is 2.97. The third-order valence-electron chi connectivity index (χ3n) is 8.09. The topological polar surface area (TPSA) is 60.5 Å². The van der Waals surface area contributed by atoms with Crippen LogP contribution in [0.1, 0.15) is 88.7 Å². The van der Waals surface area contributed by atoms with E-state index in [-0.39, 0.29) is 17.1 Å². The number of para-hydroxylation sites is 1. The number of carbonyl (C=O) groups is 1. The number of hydrogen-bond acceptors (Lipinski definition) is 4. The van der Waals surface area contributed by atoms with E-state index in [1.807, 2.05) is 73.7 Å². The number of pyridine rings is 1. The number of nitrogens with one attached hydrogen (secondary N) is 1. The fourth-order valence-electron chi connectivity index (χ4n) is 4.87. The summed E-state index contributed by atoms with van der Waals surface area (Å²) in [6, 6.07) is 24.1. The number of nitrogens with zero attached hydrogens (tertiary/aromatic N) is 1. The molecule has 5 heteroatoms. The van der Waals surface area contributed by atoms with Crippen molar-refractivity contribution in [2.24, 2.45) is 0 Å². The first-order valence-electron chi connectivity index (χ1n) is 15.3. The van der Waals surface area contributed by atoms with Gasteiger partial charge in [0.2, 0.25) is 0 Å². The van der Waals surface area contributed by atoms with Crippen LogP contribution in [0.2, 0.25) is 0 Å². The molecular weight excluding hydrogens is 520 g/mol. The van der Waals surface area contributed by atoms with E-state index in [2.05, 4.69) is 52.9 Å². The number of amides is 1. The maximum atomic E-state index is 13.5. The Kier molecular flexibility index (Phi) is 9.93. The second-order valence-electron chi connectivity index (χ2n) is 12.3. The molecule has 5 nitrogen and oxygen atoms in total. The molecule has 0 saturated carbocycles. The number of benzene rings is 3. The van der Waals surface area contributed by atoms with Crippen molar-refractivity contribution in [3.63, 3.8) is 0 Å². The normalized spacial score (nSPS) is 11.9. The van der Waals surface area contributed by atoms with Crippen LogP contribution in [0, 0.1) is 6.92 Å². The fraction of sp³-hybridized carbons (Fsp3) is 0.405. The number of fused-ring (bicyclic) bond motifs is 1. The van der Waals surface area contributed by atoms with Gasteiger partial charge in [-0.05, 0) is 90.0 Å². The summed E-state index contributed by atoms with van der Waals surface area (Å²) < 4.78 is 12.7. The van der Waals surface area contributed by atoms with Gasteiger partial charge in [-0.2, -0.15) is 0 Å². The van der Waals surface area contributed by atoms with Crippen LogP contribution in [0.4, 0.5) is 0 Å². The summed E-state index contributed by atoms with van der Waals surface area (Å²) in [5.74, 6) is 1.65. The van der Waals surface area contributed by atoms with Crippen molar-refractivity contribution in [1.29, 1.82) is 0 Å². The molecular formula is C37H46N2O3. The highest BCUT2D eigenvalue weighted by atomic mass is 16.5. The summed E-state index contributed by atoms with van der Waals surface area (Å²) in [5.41, 5.74) is 4.92. The molecule has 3 aromatic carbocycles. The van der Waals surface area contributed by atoms with Crippen LogP contribution < -0.4 is 14.8 Å². The summed E-state index contributed by atoms with van der Waals surface area (Å²) in [6.45, 7) is 15.3. The molecule has 1 aromatic heterocycles. The monoisotopic (exact) mass is 566 g/mol. The number of hydrogen-bond donors (Lipinski definition) is 1. The Morgan fingerprint density at radius 1 is 0.833 bits per heavy atom. The summed E-state index contributed by atoms with van der Waals surface area (Å²) in [5, 5.41) is 4.06. The Hall–Kier alpha value is -3.86. The molecule has 0 fully saturated rings. The van der Waals surface area contributed by atoms with Crippen molar-refractivity contribution < 1.29 is 14.3 Å². The number of unbranched alkanes of at least 4 members (excludes halogenated alkanes) is 1. The van der Waals surface area contributed by atoms with Gasteiger partial charge in [-0.15, -0.1) is 0 Å². The van der Waals surface area contributed by atoms with Crippen LogP contribution in [0.15, 0.2) is 72.8 Å². The minimum Gasteiger partial charge on any atom is -0.488 e. The molecule has 0 bridgehead atoms. The van der Waals surface area contributed by atoms with Crippen molar-refractivity contribution >= 4 is 16.8 Å². The highest BCUT2D eigenvalue weighted by Crippen LogP contribution is 2.33. The molecule has 0 aliphatic rings. The van der Waals surface area contributed by atoms with E-state index in [4.69, 9.17) is 14.5 Å². The highest BCUT2D eigenvalue weighted by Gasteiger charge is 2.22. The number of aryl methyl sites for hydroxylation is 1. The third-order valence-corrected chi connectivity index (χ3v) is 8.09. The van der Waals surface area contributed by atoms with Crippen molar-refractivity contribution in [1.82, 2.24) is 10.3 Å². The van der Waals surface area contributed by atoms with Crippen LogP contribution in [0.25, 0.3) is 22.2 Å². The SMILES string of the molecule is CCC(C)(C)Oc1ccc(CCCCNC(=O)c2c(C)c(-c3ccccc3)nc3ccccc23)c(OC(C)(C)CC)c1. The molecule has 0 spiro atoms. The van der Waals surface area contributed by atoms with Gasteiger partial charge >= 0.3 is 0 Å². The predicted molar refractivity (Wildman–Crippen MR) is 174 cm³/mol. The smallest absolute Gasteiger partial charge is 0.252 e. The standard InChI is InChI=1S/C37H46N2O3/c1-8-36(4,5)41-29-23-22-27(32(25-29)42-37(6,7)9-2)17-15-16-24-38-35(40)33-26(3)34(28-18-11-10-12-19-28)39-31-21-14-13-20-30(31)33/h10-14,18-23,25H,8-9,15-17,24H2,1-7H3,(H,38,40). The third kappa shape index (κ3) is 7.70. The van der Waals surface area contributed by atoms with Gasteiger partial charge in [-0.25, -0.2) is 4.98 Å². The molecule has 1 amide bonds. The lowest BCUT2D eigenvalue weighted by molar-refractivity contribution is 0.0942. The van der Waals surface area contributed by atoms with E-state index in [0.717, 1.165) is 76.9 Å². The van der Waals surface area contributed by atoms with E-state index in [9.17, 15) is 4.79 Å². The van der Waals surface area contributed by atoms with E-state index >= 15 is 0 Å². The van der Waals surface area contributed by atoms with Gasteiger partial charge in [0.05, 0.1) is 16.8 Å². The quantitative estimate of drug-likeness (QED) is 0.164. The summed E-state index contributed by atoms with van der Waals surface area (Å²) in [4.78, 5) is 18.4. The van der Waals surface area contributed by atoms with E-state index in [1.54, 1.807) is 0 Å². The first kappa shape index (κ1) is 31.1. The molecule has 4 aromatic rings. The first-order chi connectivity index (χ1) is 20.0. The summed E-state index contributed by atoms with van der Waals surface area (Å²) in [7, 11) is 0. The maximum absolute atomic E-state index is 13.5. The number of carbonyl (C=O) groups excluding carboxylic acids is 1. The van der Waals surface area contributed by atoms with Gasteiger partial charge in [0.15, 0.2) is 0 Å². The minimum atomic E-state index is -0.272. The van der Waals surface area contributed by atoms with Gasteiger partial charge in [0.1, 0.15) is 22.7 Å². The van der Waals surface area contributed by atoms with Gasteiger partial charge in [-0.3, -0.25) is 4.79 Å². The fourth-order valence-corrected chi connectivity index (χ4v) is 4.87. The highest BCUT2D eigenvalue weighted by molar-refractivity contribution is 6.08. The molecule has 222 valence electrons. The molecule has 0 aliphatic carbocycles. The zero-order valence-electron chi connectivity index (χ0n) is 26.3. The number of aromatic nitrogens is 1. The molecule has 1 heterocycles. The van der Waals surface area contributed by atoms with Crippen LogP contribution >= 0.6 is 0 Å². The van der Waals surface area contributed by atoms with Gasteiger partial charge in [0, 0.05) is 23.6 Å². The van der Waals surface area contributed by atoms with Gasteiger partial charge in [0.25, 0.3) is 5.91 Å². The largest absolute Gasteiger partial charge is 0.488 e. The van der Waals surface area contributed by atoms with E-state index < -0.39 is 0 Å². The van der Waals surface area contributed by atoms with Crippen LogP contribution in [-0.4, -0.2) is 28.6 Å². The second kappa shape index (κ2) is 13.4. The van der Waals surface area contributed by atoms with Crippen molar-refractivity contribution in [3.8, 4) is 22.8 Å². The van der Waals surface area contributed by atoms with Gasteiger partial charge in [-0.1, -0.05) is 68.4 Å². The average molecular weight is 567 g/mol. The Bertz CT molecular complexity index is 1510. The lowest BCUT2D eigenvalue weighted by atomic mass is 9.97. The molecule has 0 aliphatic heterocycles. The molecule has 4 rings (SSSR count). The molecule has 42 heavy (non-hydrogen) atoms. The Morgan fingerprint density at radius 2 is 1.50 bits per heavy atom. The molecule has 1 N–H and O–H groups in total. The zero-order valence-corrected chi connectivity index (χ0v) is 26.3. The van der Waals surface area contributed by atoms with Crippen LogP contribution in [0.5, 0.6) is 11.5 Å². The molecule has 0 radical (unpaired) electrons.